The van der Waals surface area contributed by atoms with Gasteiger partial charge in [-0.2, -0.15) is 0 Å². The Morgan fingerprint density at radius 1 is 1.10 bits per heavy atom. The number of pyridine rings is 1. The number of ether oxygens (including phenoxy) is 4. The summed E-state index contributed by atoms with van der Waals surface area (Å²) in [6.07, 6.45) is 2.05. The van der Waals surface area contributed by atoms with E-state index in [1.807, 2.05) is 36.4 Å². The van der Waals surface area contributed by atoms with Crippen molar-refractivity contribution in [1.29, 1.82) is 0 Å². The van der Waals surface area contributed by atoms with Crippen LogP contribution in [0, 0.1) is 0 Å². The number of aromatic nitrogens is 5. The Morgan fingerprint density at radius 3 is 2.75 bits per heavy atom. The monoisotopic (exact) mass is 545 g/mol. The maximum Gasteiger partial charge on any atom is 0.253 e. The third kappa shape index (κ3) is 4.62. The maximum absolute atomic E-state index is 13.6. The fourth-order valence-corrected chi connectivity index (χ4v) is 5.88. The van der Waals surface area contributed by atoms with Crippen molar-refractivity contribution < 1.29 is 18.9 Å². The number of tetrazole rings is 1. The van der Waals surface area contributed by atoms with E-state index in [1.54, 1.807) is 11.8 Å². The second-order valence-corrected chi connectivity index (χ2v) is 10.3. The molecule has 2 aromatic heterocycles. The fraction of sp³-hybridized carbons (Fsp3) is 0.429. The van der Waals surface area contributed by atoms with Crippen LogP contribution in [0.15, 0.2) is 47.3 Å². The molecule has 4 aromatic rings. The Kier molecular flexibility index (Phi) is 6.48. The molecular weight excluding hydrogens is 514 g/mol. The quantitative estimate of drug-likeness (QED) is 0.371. The van der Waals surface area contributed by atoms with Gasteiger partial charge >= 0.3 is 0 Å². The average molecular weight is 546 g/mol. The average Bonchev–Trinajstić information content (AvgIpc) is 3.76. The summed E-state index contributed by atoms with van der Waals surface area (Å²) in [5.74, 6) is 2.75. The van der Waals surface area contributed by atoms with Crippen LogP contribution >= 0.6 is 0 Å². The number of anilines is 1. The van der Waals surface area contributed by atoms with Crippen molar-refractivity contribution in [1.82, 2.24) is 30.1 Å². The number of hydrogen-bond donors (Lipinski definition) is 1. The zero-order valence-electron chi connectivity index (χ0n) is 22.3. The molecule has 0 unspecified atom stereocenters. The van der Waals surface area contributed by atoms with Crippen LogP contribution in [0.5, 0.6) is 17.2 Å². The molecule has 7 rings (SSSR count). The van der Waals surface area contributed by atoms with Gasteiger partial charge in [-0.05, 0) is 47.5 Å². The predicted molar refractivity (Wildman–Crippen MR) is 146 cm³/mol. The molecule has 1 N–H and O–H groups in total. The van der Waals surface area contributed by atoms with Gasteiger partial charge in [0.25, 0.3) is 5.56 Å². The minimum atomic E-state index is -0.442. The van der Waals surface area contributed by atoms with E-state index < -0.39 is 6.04 Å². The van der Waals surface area contributed by atoms with Crippen LogP contribution in [0.25, 0.3) is 10.9 Å². The molecule has 2 fully saturated rings. The van der Waals surface area contributed by atoms with Gasteiger partial charge in [0.1, 0.15) is 11.8 Å². The number of rotatable bonds is 7. The van der Waals surface area contributed by atoms with Gasteiger partial charge in [-0.1, -0.05) is 6.07 Å². The van der Waals surface area contributed by atoms with Gasteiger partial charge in [0.2, 0.25) is 6.79 Å². The van der Waals surface area contributed by atoms with Crippen molar-refractivity contribution in [3.63, 3.8) is 0 Å². The van der Waals surface area contributed by atoms with Crippen LogP contribution in [0.2, 0.25) is 0 Å². The molecule has 0 saturated carbocycles. The Balaban J connectivity index is 1.25. The van der Waals surface area contributed by atoms with Crippen molar-refractivity contribution in [2.45, 2.75) is 31.5 Å². The lowest BCUT2D eigenvalue weighted by molar-refractivity contribution is 0.0906. The summed E-state index contributed by atoms with van der Waals surface area (Å²) in [7, 11) is 1.68. The summed E-state index contributed by atoms with van der Waals surface area (Å²) in [5.41, 5.74) is 2.21. The van der Waals surface area contributed by atoms with Crippen LogP contribution in [0.3, 0.4) is 0 Å². The van der Waals surface area contributed by atoms with E-state index in [4.69, 9.17) is 18.9 Å². The molecule has 2 saturated heterocycles. The van der Waals surface area contributed by atoms with Gasteiger partial charge in [-0.25, -0.2) is 4.68 Å². The summed E-state index contributed by atoms with van der Waals surface area (Å²) >= 11 is 0. The topological polar surface area (TPSA) is 120 Å². The summed E-state index contributed by atoms with van der Waals surface area (Å²) in [5, 5.41) is 13.7. The van der Waals surface area contributed by atoms with Crippen LogP contribution in [-0.4, -0.2) is 82.9 Å². The van der Waals surface area contributed by atoms with Gasteiger partial charge in [0, 0.05) is 61.6 Å². The van der Waals surface area contributed by atoms with Crippen molar-refractivity contribution in [3.05, 3.63) is 64.2 Å². The molecule has 5 heterocycles. The number of piperazine rings is 1. The van der Waals surface area contributed by atoms with E-state index in [0.29, 0.717) is 48.0 Å². The second-order valence-electron chi connectivity index (χ2n) is 10.3. The van der Waals surface area contributed by atoms with Gasteiger partial charge in [-0.15, -0.1) is 5.10 Å². The predicted octanol–water partition coefficient (Wildman–Crippen LogP) is 2.34. The summed E-state index contributed by atoms with van der Waals surface area (Å²) in [6, 6.07) is 13.3. The van der Waals surface area contributed by atoms with Gasteiger partial charge in [0.15, 0.2) is 17.3 Å². The zero-order valence-corrected chi connectivity index (χ0v) is 22.3. The first kappa shape index (κ1) is 24.9. The maximum atomic E-state index is 13.6. The van der Waals surface area contributed by atoms with E-state index in [0.717, 1.165) is 49.4 Å². The molecule has 0 bridgehead atoms. The molecule has 0 radical (unpaired) electrons. The summed E-state index contributed by atoms with van der Waals surface area (Å²) in [6.45, 7) is 4.45. The molecule has 0 spiro atoms. The molecule has 0 aliphatic carbocycles. The van der Waals surface area contributed by atoms with Crippen LogP contribution in [-0.2, 0) is 11.3 Å². The molecule has 2 aromatic carbocycles. The highest BCUT2D eigenvalue weighted by molar-refractivity contribution is 5.83. The molecule has 12 nitrogen and oxygen atoms in total. The first-order valence-corrected chi connectivity index (χ1v) is 13.6. The molecule has 208 valence electrons. The van der Waals surface area contributed by atoms with Gasteiger partial charge in [-0.3, -0.25) is 9.69 Å². The van der Waals surface area contributed by atoms with Crippen molar-refractivity contribution in [2.75, 3.05) is 51.6 Å². The smallest absolute Gasteiger partial charge is 0.253 e. The highest BCUT2D eigenvalue weighted by Gasteiger charge is 2.34. The number of aromatic amines is 1. The standard InChI is InChI=1S/C28H31N7O5/c1-37-20-5-2-4-19(14-20)33-7-9-34(10-8-33)26(27-30-31-32-35(27)16-21-6-3-11-38-21)22-12-18-13-24-25(40-17-39-24)15-23(18)29-28(22)36/h2,4-5,12-15,21,26H,3,6-11,16-17H2,1H3,(H,29,36)/t21-,26+/m1/s1. The highest BCUT2D eigenvalue weighted by atomic mass is 16.7. The first-order valence-electron chi connectivity index (χ1n) is 13.6. The molecule has 3 aliphatic rings. The minimum Gasteiger partial charge on any atom is -0.497 e. The highest BCUT2D eigenvalue weighted by Crippen LogP contribution is 2.36. The summed E-state index contributed by atoms with van der Waals surface area (Å²) < 4.78 is 24.2. The Morgan fingerprint density at radius 2 is 1.95 bits per heavy atom. The number of hydrogen-bond acceptors (Lipinski definition) is 10. The van der Waals surface area contributed by atoms with Crippen LogP contribution < -0.4 is 24.7 Å². The third-order valence-electron chi connectivity index (χ3n) is 7.96. The van der Waals surface area contributed by atoms with Crippen molar-refractivity contribution >= 4 is 16.6 Å². The van der Waals surface area contributed by atoms with E-state index in [1.165, 1.54) is 0 Å². The molecular formula is C28H31N7O5. The number of benzene rings is 2. The number of H-pyrrole nitrogens is 1. The third-order valence-corrected chi connectivity index (χ3v) is 7.96. The zero-order chi connectivity index (χ0) is 27.1. The molecule has 0 amide bonds. The lowest BCUT2D eigenvalue weighted by Crippen LogP contribution is -2.49. The Labute approximate surface area is 230 Å². The van der Waals surface area contributed by atoms with E-state index in [2.05, 4.69) is 36.4 Å². The van der Waals surface area contributed by atoms with E-state index in [9.17, 15) is 4.79 Å². The van der Waals surface area contributed by atoms with Gasteiger partial charge < -0.3 is 28.8 Å². The largest absolute Gasteiger partial charge is 0.497 e. The SMILES string of the molecule is COc1cccc(N2CCN([C@@H](c3cc4cc5c(cc4[nH]c3=O)OCO5)c3nnnn3C[C@H]3CCCO3)CC2)c1. The molecule has 40 heavy (non-hydrogen) atoms. The lowest BCUT2D eigenvalue weighted by Gasteiger charge is -2.39. The second kappa shape index (κ2) is 10.4. The molecule has 2 atom stereocenters. The Bertz CT molecular complexity index is 1570. The van der Waals surface area contributed by atoms with Crippen molar-refractivity contribution in [3.8, 4) is 17.2 Å². The Hall–Kier alpha value is -4.16. The van der Waals surface area contributed by atoms with Crippen molar-refractivity contribution in [2.24, 2.45) is 0 Å². The van der Waals surface area contributed by atoms with Crippen LogP contribution in [0.4, 0.5) is 5.69 Å². The van der Waals surface area contributed by atoms with E-state index in [-0.39, 0.29) is 18.5 Å². The number of fused-ring (bicyclic) bond motifs is 2. The van der Waals surface area contributed by atoms with Crippen LogP contribution in [0.1, 0.15) is 30.3 Å². The van der Waals surface area contributed by atoms with Gasteiger partial charge in [0.05, 0.1) is 25.3 Å². The minimum absolute atomic E-state index is 0.0578. The number of nitrogens with one attached hydrogen (secondary N) is 1. The number of nitrogens with zero attached hydrogens (tertiary/aromatic N) is 6. The molecule has 12 heteroatoms. The lowest BCUT2D eigenvalue weighted by atomic mass is 10.0. The number of methoxy groups -OCH3 is 1. The van der Waals surface area contributed by atoms with E-state index >= 15 is 0 Å². The molecule has 3 aliphatic heterocycles. The normalized spacial score (nSPS) is 19.8. The first-order chi connectivity index (χ1) is 19.7. The fourth-order valence-electron chi connectivity index (χ4n) is 5.88. The summed E-state index contributed by atoms with van der Waals surface area (Å²) in [4.78, 5) is 21.3.